The van der Waals surface area contributed by atoms with E-state index in [2.05, 4.69) is 30.8 Å². The molecule has 0 radical (unpaired) electrons. The van der Waals surface area contributed by atoms with Gasteiger partial charge in [0.2, 0.25) is 11.8 Å². The zero-order chi connectivity index (χ0) is 38.1. The van der Waals surface area contributed by atoms with Crippen molar-refractivity contribution in [3.63, 3.8) is 0 Å². The minimum atomic E-state index is -0.796. The van der Waals surface area contributed by atoms with Crippen molar-refractivity contribution in [3.8, 4) is 17.1 Å². The van der Waals surface area contributed by atoms with Crippen LogP contribution >= 0.6 is 0 Å². The number of benzene rings is 2. The van der Waals surface area contributed by atoms with Crippen LogP contribution in [0.2, 0.25) is 0 Å². The number of ether oxygens (including phenoxy) is 1. The van der Waals surface area contributed by atoms with Crippen LogP contribution in [-0.4, -0.2) is 78.4 Å². The van der Waals surface area contributed by atoms with E-state index in [1.807, 2.05) is 41.3 Å². The monoisotopic (exact) mass is 745 g/mol. The predicted octanol–water partition coefficient (Wildman–Crippen LogP) is 3.73. The number of imide groups is 1. The second kappa shape index (κ2) is 17.3. The number of unbranched alkanes of at least 4 members (excludes halogenated alkanes) is 2. The maximum absolute atomic E-state index is 13.0. The summed E-state index contributed by atoms with van der Waals surface area (Å²) in [6, 6.07) is 15.4. The van der Waals surface area contributed by atoms with Gasteiger partial charge in [-0.05, 0) is 73.9 Å². The molecule has 3 aromatic heterocycles. The number of anilines is 1. The standard InChI is InChI=1S/C40H43N9O6/c50-35-13-12-34(39(53)46-35)49-40(54)33-11-10-31(21-30(33)22-45-49)41-16-3-1-2-8-36(51)47-18-14-27(15-19-47)26-55-32-23-42-38(43-24-32)29-7-4-6-28(20-29)25-48-37(52)9-5-17-44-48/h4-7,9-11,17,20-24,27,34,41H,1-3,8,12-16,18-19,25-26H2,(H,46,50,53). The highest BCUT2D eigenvalue weighted by Crippen LogP contribution is 2.23. The van der Waals surface area contributed by atoms with Gasteiger partial charge in [0.25, 0.3) is 17.0 Å². The van der Waals surface area contributed by atoms with E-state index in [1.165, 1.54) is 10.7 Å². The third kappa shape index (κ3) is 9.28. The zero-order valence-corrected chi connectivity index (χ0v) is 30.4. The molecule has 55 heavy (non-hydrogen) atoms. The van der Waals surface area contributed by atoms with Crippen molar-refractivity contribution in [2.24, 2.45) is 5.92 Å². The first-order chi connectivity index (χ1) is 26.8. The van der Waals surface area contributed by atoms with Gasteiger partial charge in [-0.3, -0.25) is 29.3 Å². The zero-order valence-electron chi connectivity index (χ0n) is 30.4. The number of rotatable bonds is 14. The van der Waals surface area contributed by atoms with Crippen molar-refractivity contribution in [2.75, 3.05) is 31.6 Å². The van der Waals surface area contributed by atoms with E-state index in [9.17, 15) is 24.0 Å². The van der Waals surface area contributed by atoms with Crippen LogP contribution in [0, 0.1) is 5.92 Å². The molecule has 2 aliphatic rings. The highest BCUT2D eigenvalue weighted by Gasteiger charge is 2.30. The third-order valence-corrected chi connectivity index (χ3v) is 10.1. The Hall–Kier alpha value is -6.25. The first-order valence-electron chi connectivity index (χ1n) is 18.7. The summed E-state index contributed by atoms with van der Waals surface area (Å²) in [6.45, 7) is 3.07. The molecule has 0 spiro atoms. The molecule has 284 valence electrons. The molecule has 1 unspecified atom stereocenters. The van der Waals surface area contributed by atoms with Crippen molar-refractivity contribution in [2.45, 2.75) is 64.0 Å². The fourth-order valence-corrected chi connectivity index (χ4v) is 6.97. The summed E-state index contributed by atoms with van der Waals surface area (Å²) in [6.07, 6.45) is 11.8. The van der Waals surface area contributed by atoms with Gasteiger partial charge in [0.15, 0.2) is 11.6 Å². The number of likely N-dealkylation sites (tertiary alicyclic amines) is 1. The van der Waals surface area contributed by atoms with E-state index in [-0.39, 0.29) is 35.8 Å². The molecular weight excluding hydrogens is 702 g/mol. The molecule has 2 aromatic carbocycles. The largest absolute Gasteiger partial charge is 0.490 e. The average molecular weight is 746 g/mol. The number of carbonyl (C=O) groups is 3. The topological polar surface area (TPSA) is 183 Å². The Bertz CT molecular complexity index is 2280. The van der Waals surface area contributed by atoms with Gasteiger partial charge in [-0.25, -0.2) is 19.3 Å². The molecular formula is C40H43N9O6. The lowest BCUT2D eigenvalue weighted by atomic mass is 9.97. The summed E-state index contributed by atoms with van der Waals surface area (Å²) in [5, 5.41) is 15.1. The van der Waals surface area contributed by atoms with Gasteiger partial charge in [0.05, 0.1) is 37.1 Å². The molecule has 15 heteroatoms. The van der Waals surface area contributed by atoms with Crippen LogP contribution in [0.25, 0.3) is 22.2 Å². The molecule has 0 aliphatic carbocycles. The molecule has 5 aromatic rings. The Balaban J connectivity index is 0.782. The van der Waals surface area contributed by atoms with Gasteiger partial charge in [0.1, 0.15) is 6.04 Å². The normalized spacial score (nSPS) is 16.2. The molecule has 2 saturated heterocycles. The first kappa shape index (κ1) is 37.1. The third-order valence-electron chi connectivity index (χ3n) is 10.1. The quantitative estimate of drug-likeness (QED) is 0.125. The molecule has 7 rings (SSSR count). The number of nitrogens with zero attached hydrogens (tertiary/aromatic N) is 7. The van der Waals surface area contributed by atoms with Gasteiger partial charge in [-0.2, -0.15) is 10.2 Å². The maximum atomic E-state index is 13.0. The lowest BCUT2D eigenvalue weighted by Crippen LogP contribution is -2.45. The number of nitrogens with one attached hydrogen (secondary N) is 2. The molecule has 3 amide bonds. The van der Waals surface area contributed by atoms with E-state index in [4.69, 9.17) is 4.74 Å². The summed E-state index contributed by atoms with van der Waals surface area (Å²) in [7, 11) is 0. The number of amides is 3. The minimum Gasteiger partial charge on any atom is -0.490 e. The number of hydrogen-bond donors (Lipinski definition) is 2. The first-order valence-corrected chi connectivity index (χ1v) is 18.7. The lowest BCUT2D eigenvalue weighted by Gasteiger charge is -2.32. The maximum Gasteiger partial charge on any atom is 0.275 e. The molecule has 5 heterocycles. The number of hydrogen-bond acceptors (Lipinski definition) is 11. The van der Waals surface area contributed by atoms with Crippen molar-refractivity contribution in [1.82, 2.24) is 39.7 Å². The lowest BCUT2D eigenvalue weighted by molar-refractivity contribution is -0.136. The van der Waals surface area contributed by atoms with Crippen LogP contribution in [0.3, 0.4) is 0 Å². The van der Waals surface area contributed by atoms with E-state index < -0.39 is 11.9 Å². The molecule has 2 N–H and O–H groups in total. The Morgan fingerprint density at radius 2 is 1.73 bits per heavy atom. The molecule has 0 saturated carbocycles. The summed E-state index contributed by atoms with van der Waals surface area (Å²) in [5.74, 6) is 0.855. The van der Waals surface area contributed by atoms with Crippen molar-refractivity contribution in [3.05, 3.63) is 106 Å². The molecule has 1 atom stereocenters. The van der Waals surface area contributed by atoms with Gasteiger partial charge in [-0.15, -0.1) is 0 Å². The number of piperidine rings is 2. The second-order valence-electron chi connectivity index (χ2n) is 14.0. The van der Waals surface area contributed by atoms with Gasteiger partial charge in [0, 0.05) is 61.4 Å². The van der Waals surface area contributed by atoms with Crippen LogP contribution < -0.4 is 26.5 Å². The SMILES string of the molecule is O=C1CCC(n2ncc3cc(NCCCCCC(=O)N4CCC(COc5cnc(-c6cccc(Cn7ncccc7=O)c6)nc5)CC4)ccc3c2=O)C(=O)N1. The fourth-order valence-electron chi connectivity index (χ4n) is 6.97. The Labute approximate surface area is 316 Å². The van der Waals surface area contributed by atoms with Gasteiger partial charge in [-0.1, -0.05) is 24.6 Å². The van der Waals surface area contributed by atoms with Crippen molar-refractivity contribution < 1.29 is 19.1 Å². The smallest absolute Gasteiger partial charge is 0.275 e. The Kier molecular flexibility index (Phi) is 11.6. The van der Waals surface area contributed by atoms with Gasteiger partial charge < -0.3 is 15.0 Å². The summed E-state index contributed by atoms with van der Waals surface area (Å²) in [5.41, 5.74) is 2.10. The highest BCUT2D eigenvalue weighted by molar-refractivity contribution is 5.99. The molecule has 15 nitrogen and oxygen atoms in total. The van der Waals surface area contributed by atoms with Crippen LogP contribution in [0.15, 0.2) is 89.0 Å². The van der Waals surface area contributed by atoms with E-state index in [0.29, 0.717) is 47.8 Å². The minimum absolute atomic E-state index is 0.160. The molecule has 0 bridgehead atoms. The Morgan fingerprint density at radius 1 is 0.891 bits per heavy atom. The number of carbonyl (C=O) groups excluding carboxylic acids is 3. The van der Waals surface area contributed by atoms with Gasteiger partial charge >= 0.3 is 0 Å². The molecule has 2 aliphatic heterocycles. The molecule has 2 fully saturated rings. The summed E-state index contributed by atoms with van der Waals surface area (Å²) >= 11 is 0. The van der Waals surface area contributed by atoms with Crippen LogP contribution in [-0.2, 0) is 20.9 Å². The fraction of sp³-hybridized carbons (Fsp3) is 0.375. The summed E-state index contributed by atoms with van der Waals surface area (Å²) in [4.78, 5) is 72.6. The highest BCUT2D eigenvalue weighted by atomic mass is 16.5. The summed E-state index contributed by atoms with van der Waals surface area (Å²) < 4.78 is 8.59. The van der Waals surface area contributed by atoms with Crippen molar-refractivity contribution in [1.29, 1.82) is 0 Å². The van der Waals surface area contributed by atoms with Crippen LogP contribution in [0.1, 0.15) is 63.0 Å². The average Bonchev–Trinajstić information content (AvgIpc) is 3.20. The van der Waals surface area contributed by atoms with Crippen molar-refractivity contribution >= 4 is 34.2 Å². The van der Waals surface area contributed by atoms with Crippen LogP contribution in [0.5, 0.6) is 5.75 Å². The Morgan fingerprint density at radius 3 is 2.53 bits per heavy atom. The van der Waals surface area contributed by atoms with E-state index >= 15 is 0 Å². The number of aromatic nitrogens is 6. The number of fused-ring (bicyclic) bond motifs is 1. The predicted molar refractivity (Wildman–Crippen MR) is 204 cm³/mol. The van der Waals surface area contributed by atoms with Crippen LogP contribution in [0.4, 0.5) is 5.69 Å². The van der Waals surface area contributed by atoms with E-state index in [0.717, 1.165) is 73.2 Å². The van der Waals surface area contributed by atoms with E-state index in [1.54, 1.807) is 36.9 Å². The second-order valence-corrected chi connectivity index (χ2v) is 14.0.